The fourth-order valence-electron chi connectivity index (χ4n) is 8.44. The van der Waals surface area contributed by atoms with Crippen LogP contribution in [0.3, 0.4) is 0 Å². The van der Waals surface area contributed by atoms with Gasteiger partial charge in [-0.25, -0.2) is 0 Å². The van der Waals surface area contributed by atoms with Gasteiger partial charge in [0.1, 0.15) is 5.78 Å². The number of carboxylic acid groups (broad SMARTS) is 1. The largest absolute Gasteiger partial charge is 0.481 e. The van der Waals surface area contributed by atoms with Gasteiger partial charge in [0.05, 0.1) is 0 Å². The lowest BCUT2D eigenvalue weighted by molar-refractivity contribution is -0.143. The van der Waals surface area contributed by atoms with E-state index in [0.717, 1.165) is 37.0 Å². The maximum Gasteiger partial charge on any atom is 0.303 e. The summed E-state index contributed by atoms with van der Waals surface area (Å²) in [5, 5.41) is 9.27. The molecule has 4 rings (SSSR count). The maximum atomic E-state index is 12.0. The van der Waals surface area contributed by atoms with Crippen LogP contribution in [-0.4, -0.2) is 16.9 Å². The van der Waals surface area contributed by atoms with Crippen molar-refractivity contribution < 1.29 is 14.7 Å². The summed E-state index contributed by atoms with van der Waals surface area (Å²) >= 11 is 0. The molecule has 146 valence electrons. The Balaban J connectivity index is 1.56. The molecule has 0 amide bonds. The molecule has 0 spiro atoms. The van der Waals surface area contributed by atoms with Crippen molar-refractivity contribution in [3.63, 3.8) is 0 Å². The highest BCUT2D eigenvalue weighted by molar-refractivity contribution is 5.79. The van der Waals surface area contributed by atoms with Gasteiger partial charge in [-0.15, -0.1) is 0 Å². The van der Waals surface area contributed by atoms with Crippen molar-refractivity contribution in [3.8, 4) is 0 Å². The second-order valence-corrected chi connectivity index (χ2v) is 10.7. The molecule has 0 aromatic carbocycles. The third-order valence-corrected chi connectivity index (χ3v) is 9.74. The Morgan fingerprint density at radius 1 is 1.08 bits per heavy atom. The highest BCUT2D eigenvalue weighted by Crippen LogP contribution is 2.68. The monoisotopic (exact) mass is 360 g/mol. The zero-order valence-electron chi connectivity index (χ0n) is 16.8. The number of carbonyl (C=O) groups excluding carboxylic acids is 1. The molecule has 0 aromatic rings. The molecule has 8 atom stereocenters. The van der Waals surface area contributed by atoms with Gasteiger partial charge in [-0.2, -0.15) is 0 Å². The number of hydrogen-bond acceptors (Lipinski definition) is 2. The highest BCUT2D eigenvalue weighted by Gasteiger charge is 2.60. The van der Waals surface area contributed by atoms with Crippen molar-refractivity contribution >= 4 is 11.8 Å². The highest BCUT2D eigenvalue weighted by atomic mass is 16.4. The fraction of sp³-hybridized carbons (Fsp3) is 0.913. The van der Waals surface area contributed by atoms with Crippen LogP contribution < -0.4 is 0 Å². The second-order valence-electron chi connectivity index (χ2n) is 10.7. The van der Waals surface area contributed by atoms with E-state index in [1.807, 2.05) is 0 Å². The summed E-state index contributed by atoms with van der Waals surface area (Å²) in [5.41, 5.74) is 0.715. The van der Waals surface area contributed by atoms with Crippen LogP contribution in [0.4, 0.5) is 0 Å². The standard InChI is InChI=1S/C23H36O3/c1-14(12-21(25)26)18-6-7-19-17-5-4-15-13-16(24)8-10-22(15,2)20(17)9-11-23(18,19)3/h14-15,17-20H,4-13H2,1-3H3,(H,25,26)/t14?,15?,17-,18+,19-,20-,22-,23+/m0/s1. The number of rotatable bonds is 3. The van der Waals surface area contributed by atoms with Crippen molar-refractivity contribution in [2.45, 2.75) is 85.0 Å². The minimum atomic E-state index is -0.641. The Morgan fingerprint density at radius 3 is 2.54 bits per heavy atom. The van der Waals surface area contributed by atoms with E-state index in [4.69, 9.17) is 0 Å². The molecule has 3 heteroatoms. The zero-order valence-corrected chi connectivity index (χ0v) is 16.8. The summed E-state index contributed by atoms with van der Waals surface area (Å²) in [6, 6.07) is 0. The number of aliphatic carboxylic acids is 1. The summed E-state index contributed by atoms with van der Waals surface area (Å²) in [7, 11) is 0. The quantitative estimate of drug-likeness (QED) is 0.740. The van der Waals surface area contributed by atoms with Crippen LogP contribution in [0, 0.1) is 46.3 Å². The van der Waals surface area contributed by atoms with Gasteiger partial charge < -0.3 is 5.11 Å². The average Bonchev–Trinajstić information content (AvgIpc) is 2.92. The first-order valence-electron chi connectivity index (χ1n) is 11.0. The Kier molecular flexibility index (Phi) is 4.51. The summed E-state index contributed by atoms with van der Waals surface area (Å²) in [6.07, 6.45) is 10.7. The second kappa shape index (κ2) is 6.34. The Bertz CT molecular complexity index is 598. The van der Waals surface area contributed by atoms with Crippen LogP contribution in [0.15, 0.2) is 0 Å². The van der Waals surface area contributed by atoms with Gasteiger partial charge in [-0.1, -0.05) is 20.8 Å². The minimum Gasteiger partial charge on any atom is -0.481 e. The van der Waals surface area contributed by atoms with E-state index in [9.17, 15) is 14.7 Å². The first-order valence-corrected chi connectivity index (χ1v) is 11.0. The molecule has 0 saturated heterocycles. The van der Waals surface area contributed by atoms with E-state index in [2.05, 4.69) is 20.8 Å². The number of carboxylic acids is 1. The number of hydrogen-bond donors (Lipinski definition) is 1. The molecule has 26 heavy (non-hydrogen) atoms. The van der Waals surface area contributed by atoms with E-state index in [0.29, 0.717) is 40.8 Å². The van der Waals surface area contributed by atoms with E-state index in [1.165, 1.54) is 38.5 Å². The van der Waals surface area contributed by atoms with Crippen molar-refractivity contribution in [2.75, 3.05) is 0 Å². The molecule has 1 N–H and O–H groups in total. The molecular weight excluding hydrogens is 324 g/mol. The van der Waals surface area contributed by atoms with Crippen LogP contribution in [0.1, 0.15) is 85.0 Å². The molecule has 2 unspecified atom stereocenters. The van der Waals surface area contributed by atoms with Crippen LogP contribution in [-0.2, 0) is 9.59 Å². The number of ketones is 1. The molecule has 0 bridgehead atoms. The molecule has 4 aliphatic carbocycles. The lowest BCUT2D eigenvalue weighted by atomic mass is 9.44. The molecular formula is C23H36O3. The van der Waals surface area contributed by atoms with Gasteiger partial charge in [0.25, 0.3) is 0 Å². The smallest absolute Gasteiger partial charge is 0.303 e. The normalized spacial score (nSPS) is 49.0. The third kappa shape index (κ3) is 2.67. The predicted molar refractivity (Wildman–Crippen MR) is 102 cm³/mol. The Labute approximate surface area is 158 Å². The summed E-state index contributed by atoms with van der Waals surface area (Å²) in [5.74, 6) is 3.72. The van der Waals surface area contributed by atoms with Gasteiger partial charge in [-0.05, 0) is 91.3 Å². The third-order valence-electron chi connectivity index (χ3n) is 9.74. The molecule has 0 aromatic heterocycles. The van der Waals surface area contributed by atoms with Gasteiger partial charge >= 0.3 is 5.97 Å². The van der Waals surface area contributed by atoms with Crippen LogP contribution in [0.2, 0.25) is 0 Å². The SMILES string of the molecule is CC(CC(=O)O)[C@H]1CC[C@H]2[C@@H]3CCC4CC(=O)CC[C@]4(C)[C@H]3CC[C@]12C. The first kappa shape index (κ1) is 18.5. The molecule has 4 saturated carbocycles. The fourth-order valence-corrected chi connectivity index (χ4v) is 8.44. The van der Waals surface area contributed by atoms with Gasteiger partial charge in [0.2, 0.25) is 0 Å². The van der Waals surface area contributed by atoms with E-state index >= 15 is 0 Å². The Morgan fingerprint density at radius 2 is 1.81 bits per heavy atom. The molecule has 4 aliphatic rings. The van der Waals surface area contributed by atoms with Crippen LogP contribution >= 0.6 is 0 Å². The van der Waals surface area contributed by atoms with E-state index < -0.39 is 5.97 Å². The Hall–Kier alpha value is -0.860. The summed E-state index contributed by atoms with van der Waals surface area (Å²) in [6.45, 7) is 7.16. The lowest BCUT2D eigenvalue weighted by Crippen LogP contribution is -2.53. The average molecular weight is 361 g/mol. The number of fused-ring (bicyclic) bond motifs is 5. The molecule has 0 radical (unpaired) electrons. The first-order chi connectivity index (χ1) is 12.3. The van der Waals surface area contributed by atoms with E-state index in [1.54, 1.807) is 0 Å². The topological polar surface area (TPSA) is 54.4 Å². The van der Waals surface area contributed by atoms with Gasteiger partial charge in [0, 0.05) is 19.3 Å². The zero-order chi connectivity index (χ0) is 18.7. The molecule has 0 heterocycles. The van der Waals surface area contributed by atoms with Crippen molar-refractivity contribution in [1.29, 1.82) is 0 Å². The molecule has 0 aliphatic heterocycles. The van der Waals surface area contributed by atoms with Gasteiger partial charge in [-0.3, -0.25) is 9.59 Å². The summed E-state index contributed by atoms with van der Waals surface area (Å²) < 4.78 is 0. The molecule has 4 fully saturated rings. The van der Waals surface area contributed by atoms with E-state index in [-0.39, 0.29) is 0 Å². The van der Waals surface area contributed by atoms with Crippen molar-refractivity contribution in [2.24, 2.45) is 46.3 Å². The van der Waals surface area contributed by atoms with Crippen molar-refractivity contribution in [1.82, 2.24) is 0 Å². The van der Waals surface area contributed by atoms with Gasteiger partial charge in [0.15, 0.2) is 0 Å². The minimum absolute atomic E-state index is 0.290. The lowest BCUT2D eigenvalue weighted by Gasteiger charge is -2.60. The number of carbonyl (C=O) groups is 2. The molecule has 3 nitrogen and oxygen atoms in total. The number of Topliss-reactive ketones (excluding diaryl/α,β-unsaturated/α-hetero) is 1. The maximum absolute atomic E-state index is 12.0. The summed E-state index contributed by atoms with van der Waals surface area (Å²) in [4.78, 5) is 23.3. The van der Waals surface area contributed by atoms with Crippen LogP contribution in [0.25, 0.3) is 0 Å². The predicted octanol–water partition coefficient (Wildman–Crippen LogP) is 5.33. The van der Waals surface area contributed by atoms with Crippen LogP contribution in [0.5, 0.6) is 0 Å². The van der Waals surface area contributed by atoms with Crippen molar-refractivity contribution in [3.05, 3.63) is 0 Å².